The first-order valence-electron chi connectivity index (χ1n) is 13.8. The molecule has 0 aliphatic carbocycles. The van der Waals surface area contributed by atoms with Crippen LogP contribution in [0.4, 0.5) is 22.8 Å². The van der Waals surface area contributed by atoms with Gasteiger partial charge in [-0.3, -0.25) is 19.6 Å². The lowest BCUT2D eigenvalue weighted by Crippen LogP contribution is -2.59. The summed E-state index contributed by atoms with van der Waals surface area (Å²) in [5.74, 6) is -0.665. The van der Waals surface area contributed by atoms with Crippen molar-refractivity contribution < 1.29 is 37.0 Å². The summed E-state index contributed by atoms with van der Waals surface area (Å²) in [6.07, 6.45) is -3.52. The molecule has 0 unspecified atom stereocenters. The van der Waals surface area contributed by atoms with Gasteiger partial charge in [-0.05, 0) is 92.8 Å². The highest BCUT2D eigenvalue weighted by Crippen LogP contribution is 2.42. The zero-order valence-electron chi connectivity index (χ0n) is 24.1. The maximum Gasteiger partial charge on any atom is 0.416 e. The van der Waals surface area contributed by atoms with E-state index in [1.165, 1.54) is 12.1 Å². The van der Waals surface area contributed by atoms with Crippen LogP contribution in [0.2, 0.25) is 5.02 Å². The predicted molar refractivity (Wildman–Crippen MR) is 160 cm³/mol. The molecular formula is C30H30ClF3N4O5S. The van der Waals surface area contributed by atoms with Gasteiger partial charge in [0.05, 0.1) is 34.3 Å². The van der Waals surface area contributed by atoms with Crippen LogP contribution < -0.4 is 5.32 Å². The first-order valence-corrected chi connectivity index (χ1v) is 15.0. The number of carbonyl (C=O) groups excluding carboxylic acids is 3. The van der Waals surface area contributed by atoms with E-state index in [4.69, 9.17) is 21.1 Å². The van der Waals surface area contributed by atoms with E-state index in [2.05, 4.69) is 15.5 Å². The molecule has 1 aromatic heterocycles. The maximum absolute atomic E-state index is 14.1. The molecule has 2 saturated heterocycles. The summed E-state index contributed by atoms with van der Waals surface area (Å²) < 4.78 is 53.1. The van der Waals surface area contributed by atoms with Gasteiger partial charge in [-0.2, -0.15) is 18.3 Å². The van der Waals surface area contributed by atoms with E-state index in [0.717, 1.165) is 11.0 Å². The molecule has 3 aromatic rings. The van der Waals surface area contributed by atoms with E-state index < -0.39 is 40.1 Å². The molecule has 3 amide bonds. The molecule has 44 heavy (non-hydrogen) atoms. The van der Waals surface area contributed by atoms with Crippen molar-refractivity contribution in [1.82, 2.24) is 20.4 Å². The minimum Gasteiger partial charge on any atom is -0.444 e. The van der Waals surface area contributed by atoms with Crippen molar-refractivity contribution in [2.45, 2.75) is 57.3 Å². The number of nitrogens with zero attached hydrogens (tertiary/aromatic N) is 2. The third kappa shape index (κ3) is 7.05. The first kappa shape index (κ1) is 31.9. The Kier molecular flexibility index (Phi) is 8.76. The topological polar surface area (TPSA) is 114 Å². The van der Waals surface area contributed by atoms with Gasteiger partial charge in [0, 0.05) is 23.6 Å². The van der Waals surface area contributed by atoms with Gasteiger partial charge < -0.3 is 14.8 Å². The number of fused-ring (bicyclic) bond motifs is 1. The van der Waals surface area contributed by atoms with Gasteiger partial charge in [-0.15, -0.1) is 0 Å². The number of alkyl halides is 3. The summed E-state index contributed by atoms with van der Waals surface area (Å²) in [5, 5.41) is 9.68. The molecule has 0 saturated carbocycles. The normalized spacial score (nSPS) is 18.6. The number of aromatic nitrogens is 2. The van der Waals surface area contributed by atoms with Gasteiger partial charge in [0.2, 0.25) is 0 Å². The number of nitrogens with one attached hydrogen (secondary N) is 2. The van der Waals surface area contributed by atoms with Crippen molar-refractivity contribution in [3.8, 4) is 0 Å². The standard InChI is InChI=1S/C30H30ClF3N4O5S/c1-28(2,3)43-26(40)36-29(8-10-42-11-9-29)16-38-25(39)24(44-27(38)41)21(17-5-7-23-19(12-17)15-35-37-23)13-18-4-6-20(31)14-22(18)30(32,33)34/h4-7,12,14-15H,8-11,13,16H2,1-3H3,(H,35,37)(H,36,40). The highest BCUT2D eigenvalue weighted by Gasteiger charge is 2.45. The molecule has 14 heteroatoms. The molecular weight excluding hydrogens is 621 g/mol. The van der Waals surface area contributed by atoms with Gasteiger partial charge in [0.15, 0.2) is 0 Å². The predicted octanol–water partition coefficient (Wildman–Crippen LogP) is 6.96. The van der Waals surface area contributed by atoms with E-state index in [1.807, 2.05) is 0 Å². The fourth-order valence-electron chi connectivity index (χ4n) is 5.23. The number of imide groups is 1. The van der Waals surface area contributed by atoms with E-state index >= 15 is 0 Å². The van der Waals surface area contributed by atoms with E-state index in [1.54, 1.807) is 45.2 Å². The van der Waals surface area contributed by atoms with Crippen molar-refractivity contribution in [2.75, 3.05) is 19.8 Å². The SMILES string of the molecule is CC(C)(C)OC(=O)NC1(CN2C(=O)SC(=C(Cc3ccc(Cl)cc3C(F)(F)F)c3ccc4[nH]ncc4c3)C2=O)CCOCC1. The van der Waals surface area contributed by atoms with E-state index in [-0.39, 0.29) is 47.2 Å². The van der Waals surface area contributed by atoms with Crippen molar-refractivity contribution in [3.05, 3.63) is 69.2 Å². The summed E-state index contributed by atoms with van der Waals surface area (Å²) in [6, 6.07) is 8.54. The Morgan fingerprint density at radius 3 is 2.57 bits per heavy atom. The Balaban J connectivity index is 1.55. The van der Waals surface area contributed by atoms with Crippen LogP contribution in [0.25, 0.3) is 16.5 Å². The maximum atomic E-state index is 14.1. The first-order chi connectivity index (χ1) is 20.6. The number of hydrogen-bond donors (Lipinski definition) is 2. The molecule has 0 spiro atoms. The molecule has 2 aliphatic heterocycles. The lowest BCUT2D eigenvalue weighted by molar-refractivity contribution is -0.138. The minimum absolute atomic E-state index is 0.000367. The van der Waals surface area contributed by atoms with Crippen molar-refractivity contribution in [3.63, 3.8) is 0 Å². The number of allylic oxidation sites excluding steroid dienone is 1. The summed E-state index contributed by atoms with van der Waals surface area (Å²) in [4.78, 5) is 41.2. The molecule has 0 atom stereocenters. The molecule has 2 fully saturated rings. The third-order valence-electron chi connectivity index (χ3n) is 7.33. The average Bonchev–Trinajstić information content (AvgIpc) is 3.50. The van der Waals surface area contributed by atoms with Crippen LogP contribution in [-0.4, -0.2) is 63.2 Å². The number of ether oxygens (including phenoxy) is 2. The Hall–Kier alpha value is -3.55. The van der Waals surface area contributed by atoms with Gasteiger partial charge in [0.25, 0.3) is 11.1 Å². The number of thioether (sulfide) groups is 1. The van der Waals surface area contributed by atoms with Crippen LogP contribution in [0.5, 0.6) is 0 Å². The molecule has 3 heterocycles. The summed E-state index contributed by atoms with van der Waals surface area (Å²) in [6.45, 7) is 5.57. The molecule has 2 N–H and O–H groups in total. The number of alkyl carbamates (subject to hydrolysis) is 1. The number of H-pyrrole nitrogens is 1. The fraction of sp³-hybridized carbons (Fsp3) is 0.400. The molecule has 0 bridgehead atoms. The zero-order valence-corrected chi connectivity index (χ0v) is 25.7. The number of rotatable bonds is 6. The van der Waals surface area contributed by atoms with Gasteiger partial charge in [-0.1, -0.05) is 23.7 Å². The van der Waals surface area contributed by atoms with Crippen molar-refractivity contribution >= 4 is 57.1 Å². The number of hydrogen-bond acceptors (Lipinski definition) is 7. The van der Waals surface area contributed by atoms with Crippen LogP contribution >= 0.6 is 23.4 Å². The molecule has 9 nitrogen and oxygen atoms in total. The lowest BCUT2D eigenvalue weighted by Gasteiger charge is -2.40. The monoisotopic (exact) mass is 650 g/mol. The van der Waals surface area contributed by atoms with Gasteiger partial charge in [0.1, 0.15) is 5.60 Å². The number of halogens is 4. The Morgan fingerprint density at radius 2 is 1.89 bits per heavy atom. The van der Waals surface area contributed by atoms with Crippen LogP contribution in [0.15, 0.2) is 47.5 Å². The van der Waals surface area contributed by atoms with Crippen LogP contribution in [0, 0.1) is 0 Å². The van der Waals surface area contributed by atoms with Gasteiger partial charge >= 0.3 is 12.3 Å². The zero-order chi connectivity index (χ0) is 31.9. The molecule has 234 valence electrons. The molecule has 2 aliphatic rings. The van der Waals surface area contributed by atoms with E-state index in [9.17, 15) is 27.6 Å². The van der Waals surface area contributed by atoms with Crippen LogP contribution in [-0.2, 0) is 26.9 Å². The molecule has 2 aromatic carbocycles. The second-order valence-corrected chi connectivity index (χ2v) is 13.1. The Morgan fingerprint density at radius 1 is 1.16 bits per heavy atom. The third-order valence-corrected chi connectivity index (χ3v) is 8.59. The second-order valence-electron chi connectivity index (χ2n) is 11.7. The molecule has 5 rings (SSSR count). The van der Waals surface area contributed by atoms with Gasteiger partial charge in [-0.25, -0.2) is 4.79 Å². The summed E-state index contributed by atoms with van der Waals surface area (Å²) in [7, 11) is 0. The Labute approximate surface area is 260 Å². The fourth-order valence-corrected chi connectivity index (χ4v) is 6.34. The largest absolute Gasteiger partial charge is 0.444 e. The average molecular weight is 651 g/mol. The smallest absolute Gasteiger partial charge is 0.416 e. The highest BCUT2D eigenvalue weighted by atomic mass is 35.5. The molecule has 0 radical (unpaired) electrons. The Bertz CT molecular complexity index is 1640. The minimum atomic E-state index is -4.71. The van der Waals surface area contributed by atoms with Crippen molar-refractivity contribution in [2.24, 2.45) is 0 Å². The quantitative estimate of drug-likeness (QED) is 0.277. The van der Waals surface area contributed by atoms with Crippen molar-refractivity contribution in [1.29, 1.82) is 0 Å². The van der Waals surface area contributed by atoms with E-state index in [0.29, 0.717) is 41.1 Å². The lowest BCUT2D eigenvalue weighted by atomic mass is 9.89. The van der Waals surface area contributed by atoms with Crippen LogP contribution in [0.1, 0.15) is 50.3 Å². The second kappa shape index (κ2) is 12.1. The number of amides is 3. The number of carbonyl (C=O) groups is 3. The van der Waals surface area contributed by atoms with Crippen LogP contribution in [0.3, 0.4) is 0 Å². The summed E-state index contributed by atoms with van der Waals surface area (Å²) >= 11 is 6.57. The highest BCUT2D eigenvalue weighted by molar-refractivity contribution is 8.18. The number of benzene rings is 2. The number of aromatic amines is 1. The summed E-state index contributed by atoms with van der Waals surface area (Å²) in [5.41, 5.74) is -1.44.